The molecule has 3 nitrogen and oxygen atoms in total. The van der Waals surface area contributed by atoms with E-state index < -0.39 is 38.4 Å². The van der Waals surface area contributed by atoms with Crippen LogP contribution in [0.15, 0.2) is 0 Å². The van der Waals surface area contributed by atoms with E-state index in [1.54, 1.807) is 0 Å². The predicted octanol–water partition coefficient (Wildman–Crippen LogP) is 16.5. The molecule has 0 aromatic heterocycles. The Morgan fingerprint density at radius 1 is 0.245 bits per heavy atom. The Kier molecular flexibility index (Phi) is 40.4. The second kappa shape index (κ2) is 39.2. The molecule has 0 bridgehead atoms. The van der Waals surface area contributed by atoms with Crippen LogP contribution in [0.5, 0.6) is 0 Å². The third-order valence-corrected chi connectivity index (χ3v) is 44.0. The van der Waals surface area contributed by atoms with E-state index in [1.807, 2.05) is 0 Å². The molecule has 0 unspecified atom stereocenters. The van der Waals surface area contributed by atoms with Crippen molar-refractivity contribution in [2.24, 2.45) is 0 Å². The van der Waals surface area contributed by atoms with Gasteiger partial charge in [-0.3, -0.25) is 0 Å². The second-order valence-corrected chi connectivity index (χ2v) is 38.1. The minimum absolute atomic E-state index is 0.953. The maximum absolute atomic E-state index is 8.13. The summed E-state index contributed by atoms with van der Waals surface area (Å²) in [6.07, 6.45) is 43.1. The molecule has 0 spiro atoms. The van der Waals surface area contributed by atoms with Gasteiger partial charge in [-0.1, -0.05) is 0 Å². The number of rotatable bonds is 42. The third kappa shape index (κ3) is 31.5. The van der Waals surface area contributed by atoms with Crippen LogP contribution in [0.4, 0.5) is 0 Å². The van der Waals surface area contributed by atoms with Gasteiger partial charge in [0.2, 0.25) is 0 Å². The molecule has 0 atom stereocenters. The first-order valence-corrected chi connectivity index (χ1v) is 35.8. The molecule has 0 aliphatic carbocycles. The van der Waals surface area contributed by atoms with Gasteiger partial charge in [-0.2, -0.15) is 0 Å². The fourth-order valence-corrected chi connectivity index (χ4v) is 48.9. The fourth-order valence-electron chi connectivity index (χ4n) is 7.41. The van der Waals surface area contributed by atoms with Crippen molar-refractivity contribution in [3.8, 4) is 0 Å². The van der Waals surface area contributed by atoms with E-state index in [-0.39, 0.29) is 0 Å². The normalized spacial score (nSPS) is 12.4. The van der Waals surface area contributed by atoms with Crippen molar-refractivity contribution in [1.82, 2.24) is 0 Å². The van der Waals surface area contributed by atoms with E-state index in [0.29, 0.717) is 0 Å². The molecule has 49 heavy (non-hydrogen) atoms. The summed E-state index contributed by atoms with van der Waals surface area (Å²) in [5.41, 5.74) is 0. The Labute approximate surface area is 321 Å². The summed E-state index contributed by atoms with van der Waals surface area (Å²) in [6.45, 7) is 15.9. The predicted molar refractivity (Wildman–Crippen MR) is 226 cm³/mol. The molecule has 0 saturated carbocycles. The zero-order chi connectivity index (χ0) is 36.0. The first kappa shape index (κ1) is 50.5. The molecule has 0 radical (unpaired) electrons. The number of hydrogen-bond donors (Lipinski definition) is 0. The van der Waals surface area contributed by atoms with E-state index in [9.17, 15) is 0 Å². The molecule has 0 saturated heterocycles. The van der Waals surface area contributed by atoms with Gasteiger partial charge < -0.3 is 0 Å². The average Bonchev–Trinajstić information content (AvgIpc) is 3.10. The Morgan fingerprint density at radius 3 is 0.694 bits per heavy atom. The zero-order valence-corrected chi connectivity index (χ0v) is 40.8. The molecule has 0 aliphatic rings. The molecular weight excluding hydrogens is 814 g/mol. The Balaban J connectivity index is 6.30. The fraction of sp³-hybridized carbons (Fsp3) is 1.00. The van der Waals surface area contributed by atoms with Gasteiger partial charge in [-0.15, -0.1) is 0 Å². The number of hydrogen-bond acceptors (Lipinski definition) is 3. The first-order valence-electron chi connectivity index (χ1n) is 23.1. The van der Waals surface area contributed by atoms with Crippen LogP contribution in [0.3, 0.4) is 0 Å². The average molecular weight is 909 g/mol. The third-order valence-electron chi connectivity index (χ3n) is 10.7. The molecule has 296 valence electrons. The van der Waals surface area contributed by atoms with Crippen molar-refractivity contribution in [3.63, 3.8) is 0 Å². The van der Waals surface area contributed by atoms with Crippen molar-refractivity contribution in [3.05, 3.63) is 0 Å². The Morgan fingerprint density at radius 2 is 0.449 bits per heavy atom. The van der Waals surface area contributed by atoms with Crippen molar-refractivity contribution < 1.29 is 7.56 Å². The summed E-state index contributed by atoms with van der Waals surface area (Å²) >= 11 is -6.81. The SMILES string of the molecule is CCCCCCC[CH2][Sn]([CH2]CCCCCCC)([O]CCCCCC)[O][Sn]([CH2]CCCCCCC)([CH2]CCCCCCC)[O]CCCCCC. The minimum atomic E-state index is -3.41. The van der Waals surface area contributed by atoms with Gasteiger partial charge in [-0.25, -0.2) is 0 Å². The standard InChI is InChI=1S/4C8H17.2C6H13O.O.2Sn/c4*1-3-5-7-8-6-4-2;2*1-2-3-4-5-6-7;;;/h4*1,3-8H2,2H3;2*2-6H2,1H3;;;/q;;;;2*-1;;2*+1. The quantitative estimate of drug-likeness (QED) is 0.0451. The van der Waals surface area contributed by atoms with Gasteiger partial charge in [0, 0.05) is 0 Å². The summed E-state index contributed by atoms with van der Waals surface area (Å²) in [4.78, 5) is 0. The maximum atomic E-state index is 8.13. The molecule has 0 amide bonds. The Bertz CT molecular complexity index is 547. The molecule has 0 rings (SSSR count). The van der Waals surface area contributed by atoms with E-state index >= 15 is 0 Å². The van der Waals surface area contributed by atoms with Crippen molar-refractivity contribution >= 4 is 38.4 Å². The van der Waals surface area contributed by atoms with E-state index in [4.69, 9.17) is 7.56 Å². The molecule has 5 heteroatoms. The van der Waals surface area contributed by atoms with Crippen molar-refractivity contribution in [2.75, 3.05) is 13.2 Å². The van der Waals surface area contributed by atoms with Crippen molar-refractivity contribution in [2.45, 2.75) is 265 Å². The van der Waals surface area contributed by atoms with Gasteiger partial charge in [0.25, 0.3) is 0 Å². The first-order chi connectivity index (χ1) is 24.1. The summed E-state index contributed by atoms with van der Waals surface area (Å²) in [5.74, 6) is 0. The summed E-state index contributed by atoms with van der Waals surface area (Å²) in [5, 5.41) is 0. The van der Waals surface area contributed by atoms with Crippen LogP contribution in [0, 0.1) is 0 Å². The van der Waals surface area contributed by atoms with Gasteiger partial charge in [-0.05, 0) is 0 Å². The van der Waals surface area contributed by atoms with Crippen LogP contribution in [0.25, 0.3) is 0 Å². The molecule has 0 aromatic rings. The monoisotopic (exact) mass is 911 g/mol. The van der Waals surface area contributed by atoms with Crippen molar-refractivity contribution in [1.29, 1.82) is 0 Å². The molecule has 0 aromatic carbocycles. The van der Waals surface area contributed by atoms with Crippen LogP contribution in [0.2, 0.25) is 17.7 Å². The van der Waals surface area contributed by atoms with Gasteiger partial charge in [0.1, 0.15) is 0 Å². The summed E-state index contributed by atoms with van der Waals surface area (Å²) in [7, 11) is 0. The Hall–Kier alpha value is 1.48. The van der Waals surface area contributed by atoms with Crippen LogP contribution in [-0.2, 0) is 7.56 Å². The van der Waals surface area contributed by atoms with Gasteiger partial charge in [0.15, 0.2) is 0 Å². The van der Waals surface area contributed by atoms with Gasteiger partial charge >= 0.3 is 324 Å². The molecular formula is C44H94O3Sn2. The second-order valence-electron chi connectivity index (χ2n) is 15.8. The van der Waals surface area contributed by atoms with Crippen LogP contribution < -0.4 is 0 Å². The van der Waals surface area contributed by atoms with Crippen LogP contribution >= 0.6 is 0 Å². The van der Waals surface area contributed by atoms with E-state index in [1.165, 1.54) is 223 Å². The molecule has 0 heterocycles. The molecule has 0 aliphatic heterocycles. The topological polar surface area (TPSA) is 27.7 Å². The van der Waals surface area contributed by atoms with Gasteiger partial charge in [0.05, 0.1) is 0 Å². The van der Waals surface area contributed by atoms with Crippen LogP contribution in [0.1, 0.15) is 247 Å². The summed E-state index contributed by atoms with van der Waals surface area (Å²) in [6, 6.07) is 0. The molecule has 0 fully saturated rings. The molecule has 0 N–H and O–H groups in total. The van der Waals surface area contributed by atoms with E-state index in [2.05, 4.69) is 41.5 Å². The number of unbranched alkanes of at least 4 members (excludes halogenated alkanes) is 26. The summed E-state index contributed by atoms with van der Waals surface area (Å²) < 4.78 is 28.1. The van der Waals surface area contributed by atoms with Crippen LogP contribution in [-0.4, -0.2) is 51.6 Å². The zero-order valence-electron chi connectivity index (χ0n) is 35.1. The van der Waals surface area contributed by atoms with E-state index in [0.717, 1.165) is 13.2 Å².